The number of nitrogens with one attached hydrogen (secondary N) is 1. The highest BCUT2D eigenvalue weighted by Gasteiger charge is 2.29. The van der Waals surface area contributed by atoms with Gasteiger partial charge in [0.25, 0.3) is 0 Å². The number of benzene rings is 1. The Labute approximate surface area is 144 Å². The molecule has 24 heavy (non-hydrogen) atoms. The van der Waals surface area contributed by atoms with Crippen LogP contribution in [0.5, 0.6) is 5.75 Å². The van der Waals surface area contributed by atoms with Gasteiger partial charge in [-0.15, -0.1) is 0 Å². The van der Waals surface area contributed by atoms with Crippen molar-refractivity contribution >= 4 is 17.9 Å². The van der Waals surface area contributed by atoms with Crippen molar-refractivity contribution in [1.29, 1.82) is 0 Å². The number of aldehydes is 1. The summed E-state index contributed by atoms with van der Waals surface area (Å²) in [4.78, 5) is 23.8. The van der Waals surface area contributed by atoms with Crippen LogP contribution in [0.2, 0.25) is 0 Å². The van der Waals surface area contributed by atoms with Gasteiger partial charge in [-0.1, -0.05) is 32.6 Å². The monoisotopic (exact) mass is 335 g/mol. The summed E-state index contributed by atoms with van der Waals surface area (Å²) >= 11 is 0. The Morgan fingerprint density at radius 2 is 1.88 bits per heavy atom. The lowest BCUT2D eigenvalue weighted by molar-refractivity contribution is -0.146. The molecule has 0 aliphatic carbocycles. The van der Waals surface area contributed by atoms with Crippen LogP contribution in [0, 0.1) is 5.92 Å². The van der Waals surface area contributed by atoms with Crippen molar-refractivity contribution in [2.45, 2.75) is 52.0 Å². The molecule has 134 valence electrons. The van der Waals surface area contributed by atoms with E-state index in [1.54, 1.807) is 14.0 Å². The van der Waals surface area contributed by atoms with Crippen molar-refractivity contribution in [1.82, 2.24) is 0 Å². The molecule has 1 aromatic rings. The lowest BCUT2D eigenvalue weighted by atomic mass is 9.94. The van der Waals surface area contributed by atoms with Crippen molar-refractivity contribution in [3.8, 4) is 5.75 Å². The minimum Gasteiger partial charge on any atom is -0.497 e. The number of unbranched alkanes of at least 4 members (excludes halogenated alkanes) is 3. The van der Waals surface area contributed by atoms with Crippen LogP contribution in [0.1, 0.15) is 46.0 Å². The normalized spacial score (nSPS) is 13.0. The highest BCUT2D eigenvalue weighted by molar-refractivity contribution is 5.83. The maximum absolute atomic E-state index is 12.3. The van der Waals surface area contributed by atoms with E-state index in [2.05, 4.69) is 12.2 Å². The van der Waals surface area contributed by atoms with Gasteiger partial charge in [-0.25, -0.2) is 4.79 Å². The molecule has 0 aliphatic heterocycles. The molecule has 0 saturated heterocycles. The second kappa shape index (κ2) is 11.5. The second-order valence-electron chi connectivity index (χ2n) is 5.75. The molecule has 1 aromatic carbocycles. The zero-order valence-electron chi connectivity index (χ0n) is 14.9. The summed E-state index contributed by atoms with van der Waals surface area (Å²) in [7, 11) is 1.60. The van der Waals surface area contributed by atoms with E-state index in [0.29, 0.717) is 13.0 Å². The van der Waals surface area contributed by atoms with Gasteiger partial charge in [0, 0.05) is 11.6 Å². The molecule has 0 aromatic heterocycles. The Hall–Kier alpha value is -2.04. The van der Waals surface area contributed by atoms with Gasteiger partial charge in [0.05, 0.1) is 13.7 Å². The van der Waals surface area contributed by atoms with Crippen LogP contribution in [-0.2, 0) is 14.3 Å². The van der Waals surface area contributed by atoms with Crippen LogP contribution in [0.15, 0.2) is 24.3 Å². The Bertz CT molecular complexity index is 487. The molecule has 0 amide bonds. The number of carbonyl (C=O) groups is 2. The SMILES string of the molecule is CCCCCC[C@H](C=O)[C@H](Nc1ccc(OC)cc1)C(=O)OCC. The Balaban J connectivity index is 2.79. The fourth-order valence-corrected chi connectivity index (χ4v) is 2.56. The Kier molecular flexibility index (Phi) is 9.58. The molecule has 2 atom stereocenters. The van der Waals surface area contributed by atoms with E-state index in [1.807, 2.05) is 24.3 Å². The van der Waals surface area contributed by atoms with E-state index in [4.69, 9.17) is 9.47 Å². The van der Waals surface area contributed by atoms with Crippen LogP contribution in [0.4, 0.5) is 5.69 Å². The number of rotatable bonds is 12. The lowest BCUT2D eigenvalue weighted by Gasteiger charge is -2.23. The van der Waals surface area contributed by atoms with Gasteiger partial charge < -0.3 is 19.6 Å². The van der Waals surface area contributed by atoms with E-state index >= 15 is 0 Å². The summed E-state index contributed by atoms with van der Waals surface area (Å²) in [6.07, 6.45) is 5.81. The van der Waals surface area contributed by atoms with E-state index in [-0.39, 0.29) is 5.97 Å². The Morgan fingerprint density at radius 1 is 1.17 bits per heavy atom. The fraction of sp³-hybridized carbons (Fsp3) is 0.579. The molecule has 1 N–H and O–H groups in total. The molecule has 0 radical (unpaired) electrons. The van der Waals surface area contributed by atoms with E-state index < -0.39 is 12.0 Å². The number of hydrogen-bond acceptors (Lipinski definition) is 5. The molecule has 5 nitrogen and oxygen atoms in total. The number of anilines is 1. The quantitative estimate of drug-likeness (QED) is 0.357. The molecule has 0 aliphatic rings. The fourth-order valence-electron chi connectivity index (χ4n) is 2.56. The van der Waals surface area contributed by atoms with Gasteiger partial charge in [-0.05, 0) is 37.6 Å². The third-order valence-corrected chi connectivity index (χ3v) is 3.95. The molecule has 1 rings (SSSR count). The molecule has 0 fully saturated rings. The smallest absolute Gasteiger partial charge is 0.329 e. The maximum atomic E-state index is 12.3. The number of hydrogen-bond donors (Lipinski definition) is 1. The van der Waals surface area contributed by atoms with Crippen LogP contribution < -0.4 is 10.1 Å². The van der Waals surface area contributed by atoms with Crippen molar-refractivity contribution < 1.29 is 19.1 Å². The highest BCUT2D eigenvalue weighted by atomic mass is 16.5. The summed E-state index contributed by atoms with van der Waals surface area (Å²) in [6.45, 7) is 4.20. The third-order valence-electron chi connectivity index (χ3n) is 3.95. The van der Waals surface area contributed by atoms with Gasteiger partial charge >= 0.3 is 5.97 Å². The first-order valence-corrected chi connectivity index (χ1v) is 8.68. The van der Waals surface area contributed by atoms with Crippen molar-refractivity contribution in [2.24, 2.45) is 5.92 Å². The van der Waals surface area contributed by atoms with Crippen molar-refractivity contribution in [2.75, 3.05) is 19.0 Å². The standard InChI is InChI=1S/C19H29NO4/c1-4-6-7-8-9-15(14-21)18(19(22)24-5-2)20-16-10-12-17(23-3)13-11-16/h10-15,18,20H,4-9H2,1-3H3/t15-,18+/m1/s1. The topological polar surface area (TPSA) is 64.6 Å². The molecule has 0 heterocycles. The molecule has 5 heteroatoms. The van der Waals surface area contributed by atoms with Crippen molar-refractivity contribution in [3.05, 3.63) is 24.3 Å². The first kappa shape index (κ1) is 20.0. The molecular weight excluding hydrogens is 306 g/mol. The zero-order valence-corrected chi connectivity index (χ0v) is 14.9. The average Bonchev–Trinajstić information content (AvgIpc) is 2.61. The van der Waals surface area contributed by atoms with Gasteiger partial charge in [-0.2, -0.15) is 0 Å². The van der Waals surface area contributed by atoms with Crippen LogP contribution in [-0.4, -0.2) is 32.0 Å². The van der Waals surface area contributed by atoms with Crippen molar-refractivity contribution in [3.63, 3.8) is 0 Å². The summed E-state index contributed by atoms with van der Waals surface area (Å²) in [5.41, 5.74) is 0.759. The van der Waals surface area contributed by atoms with Gasteiger partial charge in [0.15, 0.2) is 0 Å². The second-order valence-corrected chi connectivity index (χ2v) is 5.75. The summed E-state index contributed by atoms with van der Waals surface area (Å²) in [5, 5.41) is 3.15. The lowest BCUT2D eigenvalue weighted by Crippen LogP contribution is -2.39. The number of methoxy groups -OCH3 is 1. The maximum Gasteiger partial charge on any atom is 0.329 e. The largest absolute Gasteiger partial charge is 0.497 e. The Morgan fingerprint density at radius 3 is 2.42 bits per heavy atom. The van der Waals surface area contributed by atoms with Crippen LogP contribution in [0.25, 0.3) is 0 Å². The molecule has 0 unspecified atom stereocenters. The molecule has 0 saturated carbocycles. The number of ether oxygens (including phenoxy) is 2. The van der Waals surface area contributed by atoms with E-state index in [0.717, 1.165) is 43.4 Å². The van der Waals surface area contributed by atoms with Crippen LogP contribution in [0.3, 0.4) is 0 Å². The highest BCUT2D eigenvalue weighted by Crippen LogP contribution is 2.21. The molecular formula is C19H29NO4. The average molecular weight is 335 g/mol. The minimum atomic E-state index is -0.669. The third kappa shape index (κ3) is 6.60. The molecule has 0 bridgehead atoms. The molecule has 0 spiro atoms. The first-order valence-electron chi connectivity index (χ1n) is 8.68. The minimum absolute atomic E-state index is 0.293. The summed E-state index contributed by atoms with van der Waals surface area (Å²) < 4.78 is 10.3. The summed E-state index contributed by atoms with van der Waals surface area (Å²) in [6, 6.07) is 6.59. The zero-order chi connectivity index (χ0) is 17.8. The van der Waals surface area contributed by atoms with Gasteiger partial charge in [0.1, 0.15) is 18.1 Å². The van der Waals surface area contributed by atoms with E-state index in [9.17, 15) is 9.59 Å². The predicted octanol–water partition coefficient (Wildman–Crippen LogP) is 3.82. The van der Waals surface area contributed by atoms with Crippen LogP contribution >= 0.6 is 0 Å². The van der Waals surface area contributed by atoms with Gasteiger partial charge in [-0.3, -0.25) is 0 Å². The van der Waals surface area contributed by atoms with E-state index in [1.165, 1.54) is 0 Å². The van der Waals surface area contributed by atoms with Gasteiger partial charge in [0.2, 0.25) is 0 Å². The summed E-state index contributed by atoms with van der Waals surface area (Å²) in [5.74, 6) is -0.0522. The number of carbonyl (C=O) groups excluding carboxylic acids is 2. The number of esters is 1. The first-order chi connectivity index (χ1) is 11.7. The predicted molar refractivity (Wildman–Crippen MR) is 95.4 cm³/mol.